The minimum atomic E-state index is -1.54. The summed E-state index contributed by atoms with van der Waals surface area (Å²) < 4.78 is 32.1. The Morgan fingerprint density at radius 3 is 2.67 bits per heavy atom. The lowest BCUT2D eigenvalue weighted by Gasteiger charge is -2.20. The van der Waals surface area contributed by atoms with Gasteiger partial charge in [-0.3, -0.25) is 14.9 Å². The second kappa shape index (κ2) is 7.04. The molecule has 0 saturated heterocycles. The second-order valence-electron chi connectivity index (χ2n) is 4.31. The number of aliphatic hydroxyl groups is 1. The number of nitrogens with zero attached hydrogens (tertiary/aromatic N) is 2. The molecule has 21 heavy (non-hydrogen) atoms. The third-order valence-electron chi connectivity index (χ3n) is 2.67. The van der Waals surface area contributed by atoms with Crippen LogP contribution in [-0.4, -0.2) is 54.3 Å². The maximum Gasteiger partial charge on any atom is 0.305 e. The molecule has 0 saturated carbocycles. The molecule has 0 fully saturated rings. The summed E-state index contributed by atoms with van der Waals surface area (Å²) in [5.41, 5.74) is -2.03. The van der Waals surface area contributed by atoms with Crippen LogP contribution in [0.4, 0.5) is 14.5 Å². The molecule has 1 unspecified atom stereocenters. The number of ether oxygens (including phenoxy) is 1. The summed E-state index contributed by atoms with van der Waals surface area (Å²) in [6.45, 7) is -0.314. The zero-order chi connectivity index (χ0) is 16.2. The Balaban J connectivity index is 3.07. The number of carbonyl (C=O) groups excluding carboxylic acids is 1. The number of likely N-dealkylation sites (N-methyl/N-ethyl adjacent to an activating group) is 1. The molecule has 1 amide bonds. The van der Waals surface area contributed by atoms with Crippen LogP contribution in [-0.2, 0) is 4.74 Å². The number of halogens is 2. The van der Waals surface area contributed by atoms with Crippen molar-refractivity contribution in [3.8, 4) is 0 Å². The van der Waals surface area contributed by atoms with E-state index < -0.39 is 39.8 Å². The van der Waals surface area contributed by atoms with Gasteiger partial charge in [-0.1, -0.05) is 0 Å². The van der Waals surface area contributed by atoms with Gasteiger partial charge in [0.1, 0.15) is 11.4 Å². The standard InChI is InChI=1S/C12H14F2N2O5/c1-15(5-7(17)6-21-2)12(18)10-8(13)3-4-9(11(10)14)16(19)20/h3-4,7,17H,5-6H2,1-2H3. The quantitative estimate of drug-likeness (QED) is 0.624. The molecule has 1 aromatic rings. The molecule has 0 spiro atoms. The number of nitro groups is 1. The third kappa shape index (κ3) is 3.92. The molecular weight excluding hydrogens is 290 g/mol. The number of hydrogen-bond donors (Lipinski definition) is 1. The van der Waals surface area contributed by atoms with Gasteiger partial charge in [-0.15, -0.1) is 0 Å². The van der Waals surface area contributed by atoms with Gasteiger partial charge in [0.2, 0.25) is 5.82 Å². The first-order valence-corrected chi connectivity index (χ1v) is 5.84. The molecule has 0 aliphatic rings. The maximum atomic E-state index is 13.9. The monoisotopic (exact) mass is 304 g/mol. The zero-order valence-electron chi connectivity index (χ0n) is 11.4. The van der Waals surface area contributed by atoms with Crippen molar-refractivity contribution < 1.29 is 28.3 Å². The molecule has 0 aliphatic heterocycles. The van der Waals surface area contributed by atoms with Crippen molar-refractivity contribution >= 4 is 11.6 Å². The van der Waals surface area contributed by atoms with Gasteiger partial charge in [0.25, 0.3) is 5.91 Å². The van der Waals surface area contributed by atoms with Gasteiger partial charge in [-0.05, 0) is 6.07 Å². The second-order valence-corrected chi connectivity index (χ2v) is 4.31. The minimum Gasteiger partial charge on any atom is -0.389 e. The van der Waals surface area contributed by atoms with Crippen LogP contribution in [0.5, 0.6) is 0 Å². The average molecular weight is 304 g/mol. The number of benzene rings is 1. The Labute approximate surface area is 118 Å². The number of rotatable bonds is 6. The first-order valence-electron chi connectivity index (χ1n) is 5.84. The molecule has 0 radical (unpaired) electrons. The highest BCUT2D eigenvalue weighted by molar-refractivity contribution is 5.95. The van der Waals surface area contributed by atoms with Crippen LogP contribution >= 0.6 is 0 Å². The first kappa shape index (κ1) is 16.9. The van der Waals surface area contributed by atoms with Crippen molar-refractivity contribution in [2.24, 2.45) is 0 Å². The molecule has 0 heterocycles. The van der Waals surface area contributed by atoms with Crippen molar-refractivity contribution in [3.05, 3.63) is 39.4 Å². The Morgan fingerprint density at radius 2 is 2.14 bits per heavy atom. The van der Waals surface area contributed by atoms with Crippen LogP contribution in [0.15, 0.2) is 12.1 Å². The van der Waals surface area contributed by atoms with E-state index in [1.165, 1.54) is 14.2 Å². The number of amides is 1. The Hall–Kier alpha value is -2.13. The van der Waals surface area contributed by atoms with E-state index in [0.717, 1.165) is 4.90 Å². The van der Waals surface area contributed by atoms with E-state index in [1.54, 1.807) is 0 Å². The molecule has 7 nitrogen and oxygen atoms in total. The highest BCUT2D eigenvalue weighted by atomic mass is 19.1. The molecule has 9 heteroatoms. The summed E-state index contributed by atoms with van der Waals surface area (Å²) in [5, 5.41) is 20.1. The fourth-order valence-electron chi connectivity index (χ4n) is 1.71. The van der Waals surface area contributed by atoms with Gasteiger partial charge >= 0.3 is 5.69 Å². The number of hydrogen-bond acceptors (Lipinski definition) is 5. The maximum absolute atomic E-state index is 13.9. The molecule has 0 aliphatic carbocycles. The van der Waals surface area contributed by atoms with E-state index in [0.29, 0.717) is 12.1 Å². The smallest absolute Gasteiger partial charge is 0.305 e. The fraction of sp³-hybridized carbons (Fsp3) is 0.417. The highest BCUT2D eigenvalue weighted by Crippen LogP contribution is 2.24. The van der Waals surface area contributed by atoms with Gasteiger partial charge in [-0.25, -0.2) is 4.39 Å². The zero-order valence-corrected chi connectivity index (χ0v) is 11.4. The highest BCUT2D eigenvalue weighted by Gasteiger charge is 2.28. The van der Waals surface area contributed by atoms with Crippen LogP contribution < -0.4 is 0 Å². The number of nitro benzene ring substituents is 1. The average Bonchev–Trinajstić information content (AvgIpc) is 2.38. The summed E-state index contributed by atoms with van der Waals surface area (Å²) in [6, 6.07) is 1.29. The van der Waals surface area contributed by atoms with Crippen LogP contribution in [0.25, 0.3) is 0 Å². The molecule has 1 atom stereocenters. The normalized spacial score (nSPS) is 12.0. The summed E-state index contributed by atoms with van der Waals surface area (Å²) in [6.07, 6.45) is -1.05. The van der Waals surface area contributed by atoms with Crippen molar-refractivity contribution in [3.63, 3.8) is 0 Å². The molecule has 0 bridgehead atoms. The summed E-state index contributed by atoms with van der Waals surface area (Å²) >= 11 is 0. The van der Waals surface area contributed by atoms with Gasteiger partial charge in [-0.2, -0.15) is 4.39 Å². The molecule has 1 N–H and O–H groups in total. The lowest BCUT2D eigenvalue weighted by atomic mass is 10.1. The van der Waals surface area contributed by atoms with Gasteiger partial charge in [0, 0.05) is 26.8 Å². The number of carbonyl (C=O) groups is 1. The molecule has 1 aromatic carbocycles. The Kier molecular flexibility index (Phi) is 5.68. The van der Waals surface area contributed by atoms with E-state index >= 15 is 0 Å². The van der Waals surface area contributed by atoms with E-state index in [2.05, 4.69) is 4.74 Å². The predicted molar refractivity (Wildman–Crippen MR) is 67.9 cm³/mol. The van der Waals surface area contributed by atoms with Gasteiger partial charge < -0.3 is 14.7 Å². The predicted octanol–water partition coefficient (Wildman–Crippen LogP) is 0.952. The van der Waals surface area contributed by atoms with Crippen LogP contribution in [0.1, 0.15) is 10.4 Å². The Morgan fingerprint density at radius 1 is 1.52 bits per heavy atom. The minimum absolute atomic E-state index is 0.0719. The topological polar surface area (TPSA) is 92.9 Å². The van der Waals surface area contributed by atoms with Crippen LogP contribution in [0.3, 0.4) is 0 Å². The Bertz CT molecular complexity index is 553. The van der Waals surface area contributed by atoms with E-state index in [9.17, 15) is 28.8 Å². The third-order valence-corrected chi connectivity index (χ3v) is 2.67. The molecule has 1 rings (SSSR count). The van der Waals surface area contributed by atoms with E-state index in [1.807, 2.05) is 0 Å². The summed E-state index contributed by atoms with van der Waals surface area (Å²) in [4.78, 5) is 22.4. The van der Waals surface area contributed by atoms with Crippen LogP contribution in [0, 0.1) is 21.7 Å². The lowest BCUT2D eigenvalue weighted by Crippen LogP contribution is -2.37. The van der Waals surface area contributed by atoms with E-state index in [4.69, 9.17) is 0 Å². The summed E-state index contributed by atoms with van der Waals surface area (Å²) in [7, 11) is 2.55. The number of aliphatic hydroxyl groups excluding tert-OH is 1. The molecule has 116 valence electrons. The fourth-order valence-corrected chi connectivity index (χ4v) is 1.71. The SMILES string of the molecule is COCC(O)CN(C)C(=O)c1c(F)ccc([N+](=O)[O-])c1F. The van der Waals surface area contributed by atoms with Crippen molar-refractivity contribution in [1.82, 2.24) is 4.90 Å². The van der Waals surface area contributed by atoms with Gasteiger partial charge in [0.15, 0.2) is 0 Å². The first-order chi connectivity index (χ1) is 9.79. The van der Waals surface area contributed by atoms with Gasteiger partial charge in [0.05, 0.1) is 17.6 Å². The van der Waals surface area contributed by atoms with Crippen molar-refractivity contribution in [2.75, 3.05) is 27.3 Å². The number of methoxy groups -OCH3 is 1. The van der Waals surface area contributed by atoms with E-state index in [-0.39, 0.29) is 13.2 Å². The molecular formula is C12H14F2N2O5. The summed E-state index contributed by atoms with van der Waals surface area (Å²) in [5.74, 6) is -3.86. The van der Waals surface area contributed by atoms with Crippen molar-refractivity contribution in [2.45, 2.75) is 6.10 Å². The largest absolute Gasteiger partial charge is 0.389 e. The lowest BCUT2D eigenvalue weighted by molar-refractivity contribution is -0.387. The van der Waals surface area contributed by atoms with Crippen LogP contribution in [0.2, 0.25) is 0 Å². The van der Waals surface area contributed by atoms with Crippen molar-refractivity contribution in [1.29, 1.82) is 0 Å². The molecule has 0 aromatic heterocycles.